The van der Waals surface area contributed by atoms with Crippen molar-refractivity contribution in [2.45, 2.75) is 132 Å². The summed E-state index contributed by atoms with van der Waals surface area (Å²) in [5.41, 5.74) is 3.52. The first-order valence-corrected chi connectivity index (χ1v) is 21.6. The van der Waals surface area contributed by atoms with Gasteiger partial charge in [0.2, 0.25) is 5.91 Å². The molecule has 16 nitrogen and oxygen atoms in total. The van der Waals surface area contributed by atoms with Crippen LogP contribution in [0.2, 0.25) is 0 Å². The number of hydrogen-bond donors (Lipinski definition) is 6. The first kappa shape index (κ1) is 47.7. The van der Waals surface area contributed by atoms with Gasteiger partial charge < -0.3 is 73.5 Å². The zero-order valence-electron chi connectivity index (χ0n) is 35.8. The fourth-order valence-electron chi connectivity index (χ4n) is 8.10. The second-order valence-corrected chi connectivity index (χ2v) is 16.2. The van der Waals surface area contributed by atoms with Gasteiger partial charge in [-0.2, -0.15) is 0 Å². The number of carbonyl (C=O) groups is 1. The minimum Gasteiger partial charge on any atom is -0.394 e. The van der Waals surface area contributed by atoms with E-state index in [1.54, 1.807) is 0 Å². The van der Waals surface area contributed by atoms with Crippen LogP contribution >= 0.6 is 0 Å². The molecular weight excluding hydrogens is 831 g/mol. The Morgan fingerprint density at radius 2 is 1.03 bits per heavy atom. The van der Waals surface area contributed by atoms with E-state index in [1.807, 2.05) is 128 Å². The fourth-order valence-corrected chi connectivity index (χ4v) is 8.10. The molecule has 16 heteroatoms. The predicted octanol–water partition coefficient (Wildman–Crippen LogP) is 2.50. The van der Waals surface area contributed by atoms with E-state index in [1.165, 1.54) is 6.92 Å². The molecule has 0 spiro atoms. The molecular formula is C48H59NO15. The third-order valence-electron chi connectivity index (χ3n) is 11.4. The molecule has 0 unspecified atom stereocenters. The topological polar surface area (TPSA) is 213 Å². The number of aliphatic hydroxyl groups is 5. The molecule has 0 radical (unpaired) electrons. The molecule has 3 aliphatic rings. The second-order valence-electron chi connectivity index (χ2n) is 16.2. The zero-order chi connectivity index (χ0) is 45.0. The second kappa shape index (κ2) is 23.3. The van der Waals surface area contributed by atoms with Crippen molar-refractivity contribution in [1.82, 2.24) is 5.32 Å². The number of hydrogen-bond acceptors (Lipinski definition) is 15. The highest BCUT2D eigenvalue weighted by Crippen LogP contribution is 2.36. The van der Waals surface area contributed by atoms with Crippen molar-refractivity contribution < 1.29 is 73.0 Å². The summed E-state index contributed by atoms with van der Waals surface area (Å²) in [6, 6.07) is 36.8. The van der Waals surface area contributed by atoms with Crippen LogP contribution in [0.1, 0.15) is 36.1 Å². The average Bonchev–Trinajstić information content (AvgIpc) is 3.31. The smallest absolute Gasteiger partial charge is 0.217 e. The molecule has 7 rings (SSSR count). The van der Waals surface area contributed by atoms with Crippen LogP contribution in [0.4, 0.5) is 0 Å². The lowest BCUT2D eigenvalue weighted by Gasteiger charge is -2.50. The predicted molar refractivity (Wildman–Crippen MR) is 227 cm³/mol. The van der Waals surface area contributed by atoms with Gasteiger partial charge in [0.25, 0.3) is 0 Å². The van der Waals surface area contributed by atoms with E-state index in [9.17, 15) is 30.3 Å². The molecule has 6 N–H and O–H groups in total. The largest absolute Gasteiger partial charge is 0.394 e. The number of rotatable bonds is 19. The van der Waals surface area contributed by atoms with Crippen LogP contribution in [-0.2, 0) is 73.9 Å². The summed E-state index contributed by atoms with van der Waals surface area (Å²) in [4.78, 5) is 12.9. The van der Waals surface area contributed by atoms with Crippen LogP contribution in [-0.4, -0.2) is 137 Å². The van der Waals surface area contributed by atoms with E-state index in [4.69, 9.17) is 42.6 Å². The van der Waals surface area contributed by atoms with E-state index in [0.29, 0.717) is 0 Å². The van der Waals surface area contributed by atoms with Crippen LogP contribution in [0.25, 0.3) is 0 Å². The van der Waals surface area contributed by atoms with Crippen molar-refractivity contribution in [3.05, 3.63) is 144 Å². The molecule has 346 valence electrons. The van der Waals surface area contributed by atoms with Crippen molar-refractivity contribution in [3.8, 4) is 0 Å². The Labute approximate surface area is 372 Å². The molecule has 0 bridgehead atoms. The molecule has 0 aromatic heterocycles. The van der Waals surface area contributed by atoms with Crippen LogP contribution in [0, 0.1) is 0 Å². The Morgan fingerprint density at radius 1 is 0.547 bits per heavy atom. The van der Waals surface area contributed by atoms with Gasteiger partial charge in [0.05, 0.1) is 45.7 Å². The van der Waals surface area contributed by atoms with Gasteiger partial charge in [0.1, 0.15) is 67.1 Å². The highest BCUT2D eigenvalue weighted by molar-refractivity contribution is 5.73. The molecule has 3 aliphatic heterocycles. The van der Waals surface area contributed by atoms with Gasteiger partial charge >= 0.3 is 0 Å². The molecule has 3 fully saturated rings. The summed E-state index contributed by atoms with van der Waals surface area (Å²) in [5, 5.41) is 57.0. The maximum atomic E-state index is 12.9. The van der Waals surface area contributed by atoms with E-state index >= 15 is 0 Å². The Kier molecular flexibility index (Phi) is 17.4. The molecule has 64 heavy (non-hydrogen) atoms. The minimum absolute atomic E-state index is 0.103. The molecule has 0 saturated carbocycles. The average molecular weight is 890 g/mol. The van der Waals surface area contributed by atoms with Crippen LogP contribution in [0.5, 0.6) is 0 Å². The Balaban J connectivity index is 1.25. The summed E-state index contributed by atoms with van der Waals surface area (Å²) in [7, 11) is 0. The zero-order valence-corrected chi connectivity index (χ0v) is 35.8. The summed E-state index contributed by atoms with van der Waals surface area (Å²) < 4.78 is 58.2. The van der Waals surface area contributed by atoms with E-state index in [0.717, 1.165) is 22.3 Å². The number of carbonyl (C=O) groups excluding carboxylic acids is 1. The normalized spacial score (nSPS) is 33.1. The van der Waals surface area contributed by atoms with Gasteiger partial charge in [-0.15, -0.1) is 0 Å². The minimum atomic E-state index is -1.82. The number of ether oxygens (including phenoxy) is 9. The van der Waals surface area contributed by atoms with Gasteiger partial charge in [-0.3, -0.25) is 4.79 Å². The lowest BCUT2D eigenvalue weighted by molar-refractivity contribution is -0.377. The number of nitrogens with one attached hydrogen (secondary N) is 1. The van der Waals surface area contributed by atoms with Crippen LogP contribution < -0.4 is 5.32 Å². The Hall–Kier alpha value is -4.21. The lowest BCUT2D eigenvalue weighted by atomic mass is 9.94. The quantitative estimate of drug-likeness (QED) is 0.0799. The third-order valence-corrected chi connectivity index (χ3v) is 11.4. The van der Waals surface area contributed by atoms with Crippen molar-refractivity contribution in [2.24, 2.45) is 0 Å². The summed E-state index contributed by atoms with van der Waals surface area (Å²) >= 11 is 0. The van der Waals surface area contributed by atoms with E-state index < -0.39 is 105 Å². The monoisotopic (exact) mass is 889 g/mol. The van der Waals surface area contributed by atoms with Crippen molar-refractivity contribution in [3.63, 3.8) is 0 Å². The molecule has 1 amide bonds. The van der Waals surface area contributed by atoms with Gasteiger partial charge in [-0.1, -0.05) is 121 Å². The van der Waals surface area contributed by atoms with Gasteiger partial charge in [0, 0.05) is 6.92 Å². The highest BCUT2D eigenvalue weighted by Gasteiger charge is 2.55. The van der Waals surface area contributed by atoms with Gasteiger partial charge in [-0.05, 0) is 29.2 Å². The number of amides is 1. The molecule has 0 aliphatic carbocycles. The molecule has 4 aromatic rings. The highest BCUT2D eigenvalue weighted by atomic mass is 16.8. The molecule has 3 saturated heterocycles. The summed E-state index contributed by atoms with van der Waals surface area (Å²) in [5.74, 6) is -0.542. The first-order valence-electron chi connectivity index (χ1n) is 21.6. The Bertz CT molecular complexity index is 1970. The fraction of sp³-hybridized carbons (Fsp3) is 0.479. The van der Waals surface area contributed by atoms with Crippen molar-refractivity contribution in [2.75, 3.05) is 13.2 Å². The maximum absolute atomic E-state index is 12.9. The van der Waals surface area contributed by atoms with E-state index in [-0.39, 0.29) is 33.0 Å². The third kappa shape index (κ3) is 12.4. The molecule has 3 heterocycles. The number of aliphatic hydroxyl groups excluding tert-OH is 5. The first-order chi connectivity index (χ1) is 31.1. The van der Waals surface area contributed by atoms with Gasteiger partial charge in [-0.25, -0.2) is 0 Å². The SMILES string of the molecule is CC(=O)N[C@@H]1[C@@H](O[C@@H]2O[C@@H](C)[C@@H](OCc3ccccc3)[C@@H](OCc3ccccc3)[C@@H]2OCc2ccccc2)[C@H](O[C@@H]2O[C@H](CO)[C@H](O)[C@H](O)[C@H]2O)[C@@H](COCc2ccccc2)O[C@H]1O. The standard InChI is InChI=1S/C48H59NO15/c1-29-41(57-25-32-17-9-4-10-18-32)44(58-26-33-19-11-5-12-20-33)45(59-27-34-21-13-6-14-22-34)48(60-29)64-43-37(49-30(2)51)46(55)61-36(28-56-24-31-15-7-3-8-16-31)42(43)63-47-40(54)39(53)38(52)35(23-50)62-47/h3-22,29,35-48,50,52-55H,23-28H2,1-2H3,(H,49,51)/t29-,35+,36+,37+,38-,39-,40+,41+,42+,43+,44+,45-,46+,47-,48-/m0/s1. The lowest BCUT2D eigenvalue weighted by Crippen LogP contribution is -2.69. The van der Waals surface area contributed by atoms with Crippen LogP contribution in [0.15, 0.2) is 121 Å². The van der Waals surface area contributed by atoms with Crippen molar-refractivity contribution in [1.29, 1.82) is 0 Å². The van der Waals surface area contributed by atoms with Crippen molar-refractivity contribution >= 4 is 5.91 Å². The Morgan fingerprint density at radius 3 is 1.55 bits per heavy atom. The summed E-state index contributed by atoms with van der Waals surface area (Å²) in [6.07, 6.45) is -18.4. The maximum Gasteiger partial charge on any atom is 0.217 e. The van der Waals surface area contributed by atoms with E-state index in [2.05, 4.69) is 5.32 Å². The van der Waals surface area contributed by atoms with Crippen LogP contribution in [0.3, 0.4) is 0 Å². The molecule has 4 aromatic carbocycles. The summed E-state index contributed by atoms with van der Waals surface area (Å²) in [6.45, 7) is 2.83. The molecule has 15 atom stereocenters. The van der Waals surface area contributed by atoms with Gasteiger partial charge in [0.15, 0.2) is 18.9 Å². The number of benzene rings is 4.